The zero-order valence-electron chi connectivity index (χ0n) is 10.2. The molecule has 0 amide bonds. The van der Waals surface area contributed by atoms with Crippen LogP contribution in [0.15, 0.2) is 18.2 Å². The molecule has 2 N–H and O–H groups in total. The predicted octanol–water partition coefficient (Wildman–Crippen LogP) is 2.10. The van der Waals surface area contributed by atoms with Crippen molar-refractivity contribution in [2.24, 2.45) is 5.92 Å². The summed E-state index contributed by atoms with van der Waals surface area (Å²) in [4.78, 5) is 11.0. The average molecular weight is 234 g/mol. The van der Waals surface area contributed by atoms with Gasteiger partial charge in [0.2, 0.25) is 0 Å². The van der Waals surface area contributed by atoms with E-state index in [0.717, 1.165) is 19.3 Å². The number of carboxylic acids is 1. The Morgan fingerprint density at radius 1 is 1.41 bits per heavy atom. The molecular formula is C14H18O3. The molecule has 1 aliphatic rings. The standard InChI is InChI=1S/C14H18O3/c1-3-9-6-10-4-5-12(8-11(10)7-9)14(2,17)13(15)16/h4-5,8-9,17H,3,6-7H2,1-2H3,(H,15,16)/t9-,14+/m1/s1. The second-order valence-electron chi connectivity index (χ2n) is 5.04. The molecule has 17 heavy (non-hydrogen) atoms. The van der Waals surface area contributed by atoms with Crippen LogP contribution in [0.25, 0.3) is 0 Å². The molecule has 0 spiro atoms. The molecule has 0 saturated carbocycles. The SMILES string of the molecule is CC[C@@H]1Cc2ccc([C@](C)(O)C(=O)O)cc2C1. The summed E-state index contributed by atoms with van der Waals surface area (Å²) in [5.41, 5.74) is 1.16. The van der Waals surface area contributed by atoms with Gasteiger partial charge in [0.1, 0.15) is 0 Å². The van der Waals surface area contributed by atoms with Crippen LogP contribution in [0.2, 0.25) is 0 Å². The van der Waals surface area contributed by atoms with Crippen molar-refractivity contribution in [3.63, 3.8) is 0 Å². The Morgan fingerprint density at radius 2 is 2.06 bits per heavy atom. The molecule has 0 heterocycles. The van der Waals surface area contributed by atoms with Gasteiger partial charge in [0.15, 0.2) is 5.60 Å². The van der Waals surface area contributed by atoms with Gasteiger partial charge in [-0.1, -0.05) is 31.5 Å². The largest absolute Gasteiger partial charge is 0.479 e. The fourth-order valence-corrected chi connectivity index (χ4v) is 2.42. The highest BCUT2D eigenvalue weighted by atomic mass is 16.4. The van der Waals surface area contributed by atoms with Crippen LogP contribution in [-0.4, -0.2) is 16.2 Å². The van der Waals surface area contributed by atoms with E-state index in [0.29, 0.717) is 11.5 Å². The maximum atomic E-state index is 11.0. The van der Waals surface area contributed by atoms with Crippen molar-refractivity contribution >= 4 is 5.97 Å². The number of hydrogen-bond donors (Lipinski definition) is 2. The Hall–Kier alpha value is -1.35. The monoisotopic (exact) mass is 234 g/mol. The molecule has 0 bridgehead atoms. The van der Waals surface area contributed by atoms with E-state index in [1.165, 1.54) is 18.1 Å². The van der Waals surface area contributed by atoms with Crippen LogP contribution in [-0.2, 0) is 23.2 Å². The highest BCUT2D eigenvalue weighted by molar-refractivity contribution is 5.78. The minimum Gasteiger partial charge on any atom is -0.479 e. The van der Waals surface area contributed by atoms with E-state index in [2.05, 4.69) is 6.92 Å². The highest BCUT2D eigenvalue weighted by Crippen LogP contribution is 2.32. The minimum absolute atomic E-state index is 0.473. The first-order valence-electron chi connectivity index (χ1n) is 6.03. The Bertz CT molecular complexity index is 449. The molecule has 2 rings (SSSR count). The maximum Gasteiger partial charge on any atom is 0.340 e. The van der Waals surface area contributed by atoms with E-state index in [1.54, 1.807) is 6.07 Å². The van der Waals surface area contributed by atoms with Gasteiger partial charge in [-0.25, -0.2) is 4.79 Å². The summed E-state index contributed by atoms with van der Waals surface area (Å²) >= 11 is 0. The zero-order valence-corrected chi connectivity index (χ0v) is 10.2. The van der Waals surface area contributed by atoms with Gasteiger partial charge < -0.3 is 10.2 Å². The summed E-state index contributed by atoms with van der Waals surface area (Å²) in [6.07, 6.45) is 3.20. The van der Waals surface area contributed by atoms with Crippen LogP contribution < -0.4 is 0 Å². The first kappa shape index (κ1) is 12.1. The smallest absolute Gasteiger partial charge is 0.340 e. The second-order valence-corrected chi connectivity index (χ2v) is 5.04. The number of aliphatic hydroxyl groups is 1. The Balaban J connectivity index is 2.34. The lowest BCUT2D eigenvalue weighted by Crippen LogP contribution is -2.31. The molecule has 1 aromatic carbocycles. The van der Waals surface area contributed by atoms with E-state index in [9.17, 15) is 9.90 Å². The number of aliphatic carboxylic acids is 1. The van der Waals surface area contributed by atoms with Crippen molar-refractivity contribution in [3.05, 3.63) is 34.9 Å². The first-order valence-corrected chi connectivity index (χ1v) is 6.03. The molecule has 0 saturated heterocycles. The van der Waals surface area contributed by atoms with Crippen LogP contribution in [0.4, 0.5) is 0 Å². The summed E-state index contributed by atoms with van der Waals surface area (Å²) in [7, 11) is 0. The van der Waals surface area contributed by atoms with Crippen molar-refractivity contribution in [1.29, 1.82) is 0 Å². The zero-order chi connectivity index (χ0) is 12.6. The molecule has 0 aliphatic heterocycles. The average Bonchev–Trinajstić information content (AvgIpc) is 2.70. The quantitative estimate of drug-likeness (QED) is 0.842. The number of carboxylic acid groups (broad SMARTS) is 1. The summed E-state index contributed by atoms with van der Waals surface area (Å²) in [6.45, 7) is 3.49. The fourth-order valence-electron chi connectivity index (χ4n) is 2.42. The van der Waals surface area contributed by atoms with Gasteiger partial charge >= 0.3 is 5.97 Å². The van der Waals surface area contributed by atoms with Crippen LogP contribution >= 0.6 is 0 Å². The number of rotatable bonds is 3. The third-order valence-electron chi connectivity index (χ3n) is 3.78. The second kappa shape index (κ2) is 4.15. The van der Waals surface area contributed by atoms with E-state index < -0.39 is 11.6 Å². The van der Waals surface area contributed by atoms with Gasteiger partial charge in [0, 0.05) is 0 Å². The normalized spacial score (nSPS) is 21.9. The summed E-state index contributed by atoms with van der Waals surface area (Å²) in [5, 5.41) is 18.9. The van der Waals surface area contributed by atoms with Crippen LogP contribution in [0.1, 0.15) is 37.0 Å². The van der Waals surface area contributed by atoms with Crippen molar-refractivity contribution in [2.45, 2.75) is 38.7 Å². The Kier molecular flexibility index (Phi) is 2.96. The van der Waals surface area contributed by atoms with Gasteiger partial charge in [0.05, 0.1) is 0 Å². The summed E-state index contributed by atoms with van der Waals surface area (Å²) < 4.78 is 0. The highest BCUT2D eigenvalue weighted by Gasteiger charge is 2.33. The molecular weight excluding hydrogens is 216 g/mol. The van der Waals surface area contributed by atoms with Crippen molar-refractivity contribution in [1.82, 2.24) is 0 Å². The maximum absolute atomic E-state index is 11.0. The lowest BCUT2D eigenvalue weighted by Gasteiger charge is -2.19. The number of carbonyl (C=O) groups is 1. The molecule has 0 unspecified atom stereocenters. The number of hydrogen-bond acceptors (Lipinski definition) is 2. The van der Waals surface area contributed by atoms with Gasteiger partial charge in [-0.15, -0.1) is 0 Å². The van der Waals surface area contributed by atoms with E-state index in [-0.39, 0.29) is 0 Å². The molecule has 3 nitrogen and oxygen atoms in total. The van der Waals surface area contributed by atoms with Gasteiger partial charge in [0.25, 0.3) is 0 Å². The molecule has 92 valence electrons. The third-order valence-corrected chi connectivity index (χ3v) is 3.78. The first-order chi connectivity index (χ1) is 7.95. The minimum atomic E-state index is -1.79. The molecule has 0 radical (unpaired) electrons. The van der Waals surface area contributed by atoms with Crippen molar-refractivity contribution in [2.75, 3.05) is 0 Å². The van der Waals surface area contributed by atoms with Gasteiger partial charge in [-0.2, -0.15) is 0 Å². The number of fused-ring (bicyclic) bond motifs is 1. The molecule has 0 fully saturated rings. The molecule has 1 aliphatic carbocycles. The lowest BCUT2D eigenvalue weighted by molar-refractivity contribution is -0.157. The van der Waals surface area contributed by atoms with Crippen LogP contribution in [0.5, 0.6) is 0 Å². The van der Waals surface area contributed by atoms with E-state index in [1.807, 2.05) is 12.1 Å². The van der Waals surface area contributed by atoms with Crippen molar-refractivity contribution in [3.8, 4) is 0 Å². The summed E-state index contributed by atoms with van der Waals surface area (Å²) in [5.74, 6) is -0.544. The van der Waals surface area contributed by atoms with Crippen LogP contribution in [0.3, 0.4) is 0 Å². The number of benzene rings is 1. The molecule has 2 atom stereocenters. The van der Waals surface area contributed by atoms with Crippen molar-refractivity contribution < 1.29 is 15.0 Å². The topological polar surface area (TPSA) is 57.5 Å². The van der Waals surface area contributed by atoms with Gasteiger partial charge in [-0.3, -0.25) is 0 Å². The molecule has 0 aromatic heterocycles. The third kappa shape index (κ3) is 2.07. The fraction of sp³-hybridized carbons (Fsp3) is 0.500. The Morgan fingerprint density at radius 3 is 2.65 bits per heavy atom. The van der Waals surface area contributed by atoms with Gasteiger partial charge in [-0.05, 0) is 42.4 Å². The summed E-state index contributed by atoms with van der Waals surface area (Å²) in [6, 6.07) is 5.53. The van der Waals surface area contributed by atoms with Crippen LogP contribution in [0, 0.1) is 5.92 Å². The molecule has 1 aromatic rings. The molecule has 3 heteroatoms. The Labute approximate surface area is 101 Å². The van der Waals surface area contributed by atoms with E-state index in [4.69, 9.17) is 5.11 Å². The predicted molar refractivity (Wildman–Crippen MR) is 64.8 cm³/mol. The van der Waals surface area contributed by atoms with E-state index >= 15 is 0 Å². The lowest BCUT2D eigenvalue weighted by atomic mass is 9.93.